The summed E-state index contributed by atoms with van der Waals surface area (Å²) in [4.78, 5) is 26.4. The third-order valence-electron chi connectivity index (χ3n) is 5.22. The van der Waals surface area contributed by atoms with Gasteiger partial charge >= 0.3 is 11.9 Å². The fourth-order valence-electron chi connectivity index (χ4n) is 3.48. The number of hydrogen-bond acceptors (Lipinski definition) is 8. The zero-order valence-electron chi connectivity index (χ0n) is 18.7. The quantitative estimate of drug-likeness (QED) is 0.145. The van der Waals surface area contributed by atoms with E-state index in [9.17, 15) is 32.8 Å². The van der Waals surface area contributed by atoms with Gasteiger partial charge in [-0.05, 0) is 53.6 Å². The maximum atomic E-state index is 11.8. The van der Waals surface area contributed by atoms with Gasteiger partial charge in [-0.2, -0.15) is 13.5 Å². The molecule has 186 valence electrons. The number of nitrogens with zero attached hydrogens (tertiary/aromatic N) is 3. The summed E-state index contributed by atoms with van der Waals surface area (Å²) < 4.78 is 33.2. The largest absolute Gasteiger partial charge is 0.504 e. The number of azo groups is 1. The fourth-order valence-corrected chi connectivity index (χ4v) is 4.19. The molecule has 0 radical (unpaired) electrons. The number of carboxylic acid groups (broad SMARTS) is 2. The summed E-state index contributed by atoms with van der Waals surface area (Å²) in [5.74, 6) is -2.83. The molecule has 1 aromatic heterocycles. The van der Waals surface area contributed by atoms with Crippen molar-refractivity contribution in [3.8, 4) is 5.75 Å². The Morgan fingerprint density at radius 3 is 2.38 bits per heavy atom. The number of aromatic carboxylic acids is 2. The van der Waals surface area contributed by atoms with Gasteiger partial charge in [-0.3, -0.25) is 9.54 Å². The summed E-state index contributed by atoms with van der Waals surface area (Å²) in [6.45, 7) is 0. The number of carbonyl (C=O) groups is 2. The summed E-state index contributed by atoms with van der Waals surface area (Å²) in [7, 11) is -4.68. The molecule has 0 aliphatic heterocycles. The molecule has 11 nitrogen and oxygen atoms in total. The lowest BCUT2D eigenvalue weighted by Gasteiger charge is -2.07. The second-order valence-electron chi connectivity index (χ2n) is 7.66. The van der Waals surface area contributed by atoms with E-state index in [2.05, 4.69) is 15.2 Å². The monoisotopic (exact) mass is 519 g/mol. The van der Waals surface area contributed by atoms with Crippen molar-refractivity contribution in [1.82, 2.24) is 4.98 Å². The Morgan fingerprint density at radius 2 is 1.68 bits per heavy atom. The maximum Gasteiger partial charge on any atom is 0.336 e. The number of rotatable bonds is 7. The smallest absolute Gasteiger partial charge is 0.336 e. The van der Waals surface area contributed by atoms with Crippen LogP contribution in [-0.2, 0) is 10.1 Å². The minimum atomic E-state index is -4.68. The minimum absolute atomic E-state index is 0.0142. The molecule has 0 spiro atoms. The van der Waals surface area contributed by atoms with Crippen LogP contribution in [-0.4, -0.2) is 45.2 Å². The van der Waals surface area contributed by atoms with E-state index < -0.39 is 32.7 Å². The van der Waals surface area contributed by atoms with Crippen LogP contribution in [0.15, 0.2) is 82.0 Å². The zero-order valence-corrected chi connectivity index (χ0v) is 19.5. The number of aromatic nitrogens is 1. The van der Waals surface area contributed by atoms with Crippen LogP contribution in [0.3, 0.4) is 0 Å². The molecule has 0 saturated carbocycles. The molecule has 4 rings (SSSR count). The Balaban J connectivity index is 1.71. The van der Waals surface area contributed by atoms with Gasteiger partial charge in [-0.25, -0.2) is 9.59 Å². The molecule has 0 atom stereocenters. The van der Waals surface area contributed by atoms with Gasteiger partial charge in [0.1, 0.15) is 16.1 Å². The van der Waals surface area contributed by atoms with Crippen LogP contribution in [0.25, 0.3) is 23.1 Å². The first-order valence-electron chi connectivity index (χ1n) is 10.4. The summed E-state index contributed by atoms with van der Waals surface area (Å²) in [6.07, 6.45) is 4.39. The molecule has 12 heteroatoms. The molecular formula is C25H17N3O8S. The molecule has 0 aliphatic rings. The molecule has 3 aromatic carbocycles. The second kappa shape index (κ2) is 9.97. The summed E-state index contributed by atoms with van der Waals surface area (Å²) in [6, 6.07) is 14.0. The number of benzene rings is 3. The Bertz CT molecular complexity index is 1730. The van der Waals surface area contributed by atoms with E-state index in [1.165, 1.54) is 54.7 Å². The number of pyridine rings is 1. The third kappa shape index (κ3) is 5.50. The SMILES string of the molecule is O=C(O)c1cccc(C=Cc2ccc(N=Nc3cc(S(=O)(=O)O)c4cccnc4c3O)cc2C(=O)O)c1. The maximum absolute atomic E-state index is 11.8. The number of phenols is 1. The second-order valence-corrected chi connectivity index (χ2v) is 9.05. The van der Waals surface area contributed by atoms with Crippen molar-refractivity contribution in [3.05, 3.63) is 89.1 Å². The van der Waals surface area contributed by atoms with Crippen LogP contribution in [0, 0.1) is 0 Å². The van der Waals surface area contributed by atoms with E-state index in [4.69, 9.17) is 5.11 Å². The Labute approximate surface area is 209 Å². The van der Waals surface area contributed by atoms with Crippen LogP contribution in [0.5, 0.6) is 5.75 Å². The van der Waals surface area contributed by atoms with Crippen LogP contribution in [0.1, 0.15) is 31.8 Å². The molecule has 0 unspecified atom stereocenters. The van der Waals surface area contributed by atoms with Gasteiger partial charge in [0.2, 0.25) is 0 Å². The highest BCUT2D eigenvalue weighted by Gasteiger charge is 2.20. The lowest BCUT2D eigenvalue weighted by molar-refractivity contribution is 0.0686. The zero-order chi connectivity index (χ0) is 26.7. The average molecular weight is 519 g/mol. The molecule has 0 bridgehead atoms. The van der Waals surface area contributed by atoms with Crippen molar-refractivity contribution in [2.45, 2.75) is 4.90 Å². The van der Waals surface area contributed by atoms with Gasteiger partial charge in [0, 0.05) is 11.6 Å². The van der Waals surface area contributed by atoms with Crippen LogP contribution >= 0.6 is 0 Å². The molecular weight excluding hydrogens is 502 g/mol. The summed E-state index contributed by atoms with van der Waals surface area (Å²) >= 11 is 0. The molecule has 4 N–H and O–H groups in total. The number of aromatic hydroxyl groups is 1. The van der Waals surface area contributed by atoms with Crippen molar-refractivity contribution < 1.29 is 37.9 Å². The molecule has 0 saturated heterocycles. The lowest BCUT2D eigenvalue weighted by Crippen LogP contribution is -2.00. The van der Waals surface area contributed by atoms with Gasteiger partial charge in [-0.1, -0.05) is 30.4 Å². The molecule has 37 heavy (non-hydrogen) atoms. The van der Waals surface area contributed by atoms with Gasteiger partial charge in [0.05, 0.1) is 16.8 Å². The average Bonchev–Trinajstić information content (AvgIpc) is 2.86. The number of fused-ring (bicyclic) bond motifs is 1. The van der Waals surface area contributed by atoms with Gasteiger partial charge in [0.15, 0.2) is 5.75 Å². The normalized spacial score (nSPS) is 11.9. The van der Waals surface area contributed by atoms with E-state index in [1.54, 1.807) is 18.2 Å². The summed E-state index contributed by atoms with van der Waals surface area (Å²) in [5.41, 5.74) is 0.457. The highest BCUT2D eigenvalue weighted by molar-refractivity contribution is 7.86. The highest BCUT2D eigenvalue weighted by Crippen LogP contribution is 2.38. The van der Waals surface area contributed by atoms with Crippen molar-refractivity contribution >= 4 is 56.5 Å². The highest BCUT2D eigenvalue weighted by atomic mass is 32.2. The van der Waals surface area contributed by atoms with Crippen LogP contribution in [0.4, 0.5) is 11.4 Å². The van der Waals surface area contributed by atoms with Crippen molar-refractivity contribution in [3.63, 3.8) is 0 Å². The number of hydrogen-bond donors (Lipinski definition) is 4. The van der Waals surface area contributed by atoms with E-state index in [-0.39, 0.29) is 33.4 Å². The van der Waals surface area contributed by atoms with E-state index >= 15 is 0 Å². The summed E-state index contributed by atoms with van der Waals surface area (Å²) in [5, 5.41) is 37.0. The Kier molecular flexibility index (Phi) is 6.78. The van der Waals surface area contributed by atoms with E-state index in [0.717, 1.165) is 6.07 Å². The molecule has 1 heterocycles. The fraction of sp³-hybridized carbons (Fsp3) is 0. The lowest BCUT2D eigenvalue weighted by atomic mass is 10.0. The first-order valence-corrected chi connectivity index (χ1v) is 11.9. The van der Waals surface area contributed by atoms with Crippen molar-refractivity contribution in [1.29, 1.82) is 0 Å². The van der Waals surface area contributed by atoms with Gasteiger partial charge < -0.3 is 15.3 Å². The first-order chi connectivity index (χ1) is 17.5. The molecule has 4 aromatic rings. The van der Waals surface area contributed by atoms with E-state index in [1.807, 2.05) is 0 Å². The Hall–Kier alpha value is -4.94. The molecule has 0 amide bonds. The number of phenolic OH excluding ortho intramolecular Hbond substituents is 1. The standard InChI is InChI=1S/C25H17N3O8S/c29-23-20(13-21(37(34,35)36)18-5-2-10-26-22(18)23)28-27-17-9-8-15(19(12-17)25(32)33)7-6-14-3-1-4-16(11-14)24(30)31/h1-13,29H,(H,30,31)(H,32,33)(H,34,35,36). The number of carboxylic acids is 2. The van der Waals surface area contributed by atoms with Gasteiger partial charge in [-0.15, -0.1) is 5.11 Å². The van der Waals surface area contributed by atoms with Gasteiger partial charge in [0.25, 0.3) is 10.1 Å². The predicted molar refractivity (Wildman–Crippen MR) is 133 cm³/mol. The predicted octanol–water partition coefficient (Wildman–Crippen LogP) is 5.17. The molecule has 0 aliphatic carbocycles. The van der Waals surface area contributed by atoms with Crippen molar-refractivity contribution in [2.75, 3.05) is 0 Å². The first kappa shape index (κ1) is 25.2. The minimum Gasteiger partial charge on any atom is -0.504 e. The topological polar surface area (TPSA) is 187 Å². The van der Waals surface area contributed by atoms with Crippen LogP contribution < -0.4 is 0 Å². The molecule has 0 fully saturated rings. The van der Waals surface area contributed by atoms with E-state index in [0.29, 0.717) is 11.1 Å². The van der Waals surface area contributed by atoms with Crippen molar-refractivity contribution in [2.24, 2.45) is 10.2 Å². The van der Waals surface area contributed by atoms with Crippen LogP contribution in [0.2, 0.25) is 0 Å². The Morgan fingerprint density at radius 1 is 0.892 bits per heavy atom. The third-order valence-corrected chi connectivity index (χ3v) is 6.11.